The van der Waals surface area contributed by atoms with Crippen LogP contribution in [-0.4, -0.2) is 51.1 Å². The normalized spacial score (nSPS) is 15.6. The zero-order valence-electron chi connectivity index (χ0n) is 11.3. The van der Waals surface area contributed by atoms with Gasteiger partial charge >= 0.3 is 0 Å². The molecule has 0 bridgehead atoms. The maximum atomic E-state index is 5.45. The monoisotopic (exact) mass is 234 g/mol. The van der Waals surface area contributed by atoms with Crippen molar-refractivity contribution in [3.8, 4) is 12.3 Å². The van der Waals surface area contributed by atoms with E-state index in [1.54, 1.807) is 7.11 Å². The molecule has 0 unspecified atom stereocenters. The summed E-state index contributed by atoms with van der Waals surface area (Å²) in [5, 5.41) is 0. The lowest BCUT2D eigenvalue weighted by Gasteiger charge is -2.27. The molecule has 0 aromatic carbocycles. The van der Waals surface area contributed by atoms with E-state index in [0.717, 1.165) is 37.3 Å². The summed E-state index contributed by atoms with van der Waals surface area (Å²) in [7, 11) is 7.95. The van der Waals surface area contributed by atoms with E-state index in [2.05, 4.69) is 42.9 Å². The Hall–Kier alpha value is -1.40. The molecule has 0 amide bonds. The summed E-state index contributed by atoms with van der Waals surface area (Å²) in [6.45, 7) is 2.06. The fourth-order valence-corrected chi connectivity index (χ4v) is 1.81. The molecule has 0 heterocycles. The lowest BCUT2D eigenvalue weighted by molar-refractivity contribution is 0.287. The highest BCUT2D eigenvalue weighted by molar-refractivity contribution is 5.38. The van der Waals surface area contributed by atoms with Crippen LogP contribution in [0.1, 0.15) is 12.8 Å². The van der Waals surface area contributed by atoms with E-state index in [1.807, 2.05) is 0 Å². The summed E-state index contributed by atoms with van der Waals surface area (Å²) in [5.74, 6) is 3.54. The second-order valence-electron chi connectivity index (χ2n) is 4.55. The second-order valence-corrected chi connectivity index (χ2v) is 4.55. The molecule has 0 fully saturated rings. The van der Waals surface area contributed by atoms with E-state index in [0.29, 0.717) is 0 Å². The Morgan fingerprint density at radius 1 is 1.29 bits per heavy atom. The van der Waals surface area contributed by atoms with Gasteiger partial charge in [-0.3, -0.25) is 0 Å². The zero-order valence-corrected chi connectivity index (χ0v) is 11.3. The molecule has 1 aliphatic carbocycles. The van der Waals surface area contributed by atoms with Gasteiger partial charge in [0.2, 0.25) is 0 Å². The van der Waals surface area contributed by atoms with Crippen molar-refractivity contribution in [2.45, 2.75) is 12.8 Å². The average Bonchev–Trinajstić information content (AvgIpc) is 2.34. The molecule has 1 aliphatic rings. The summed E-state index contributed by atoms with van der Waals surface area (Å²) in [4.78, 5) is 4.45. The van der Waals surface area contributed by atoms with Gasteiger partial charge in [-0.2, -0.15) is 0 Å². The number of allylic oxidation sites excluding steroid dienone is 3. The van der Waals surface area contributed by atoms with Gasteiger partial charge in [-0.1, -0.05) is 5.92 Å². The van der Waals surface area contributed by atoms with Gasteiger partial charge in [0.25, 0.3) is 0 Å². The Morgan fingerprint density at radius 3 is 2.53 bits per heavy atom. The van der Waals surface area contributed by atoms with Crippen LogP contribution in [0.15, 0.2) is 23.1 Å². The third-order valence-corrected chi connectivity index (χ3v) is 2.99. The van der Waals surface area contributed by atoms with E-state index in [-0.39, 0.29) is 0 Å². The first-order valence-corrected chi connectivity index (χ1v) is 5.88. The minimum Gasteiger partial charge on any atom is -0.496 e. The Labute approximate surface area is 105 Å². The molecule has 1 rings (SSSR count). The fourth-order valence-electron chi connectivity index (χ4n) is 1.81. The molecule has 0 saturated carbocycles. The molecule has 0 aromatic rings. The van der Waals surface area contributed by atoms with Crippen molar-refractivity contribution in [1.29, 1.82) is 0 Å². The van der Waals surface area contributed by atoms with Crippen molar-refractivity contribution in [1.82, 2.24) is 9.80 Å². The van der Waals surface area contributed by atoms with Crippen LogP contribution in [0, 0.1) is 12.3 Å². The van der Waals surface area contributed by atoms with Gasteiger partial charge in [0.05, 0.1) is 7.11 Å². The highest BCUT2D eigenvalue weighted by Gasteiger charge is 2.15. The third-order valence-electron chi connectivity index (χ3n) is 2.99. The second kappa shape index (κ2) is 6.36. The predicted octanol–water partition coefficient (Wildman–Crippen LogP) is 1.69. The van der Waals surface area contributed by atoms with E-state index >= 15 is 0 Å². The number of methoxy groups -OCH3 is 1. The van der Waals surface area contributed by atoms with Crippen LogP contribution in [0.25, 0.3) is 0 Å². The summed E-state index contributed by atoms with van der Waals surface area (Å²) >= 11 is 0. The summed E-state index contributed by atoms with van der Waals surface area (Å²) in [6, 6.07) is 0. The van der Waals surface area contributed by atoms with Crippen LogP contribution in [0.5, 0.6) is 0 Å². The molecular weight excluding hydrogens is 212 g/mol. The van der Waals surface area contributed by atoms with Gasteiger partial charge in [0, 0.05) is 37.5 Å². The molecule has 94 valence electrons. The van der Waals surface area contributed by atoms with Crippen LogP contribution in [0.2, 0.25) is 0 Å². The largest absolute Gasteiger partial charge is 0.496 e. The topological polar surface area (TPSA) is 15.7 Å². The van der Waals surface area contributed by atoms with E-state index in [9.17, 15) is 0 Å². The summed E-state index contributed by atoms with van der Waals surface area (Å²) in [6.07, 6.45) is 9.41. The van der Waals surface area contributed by atoms with Gasteiger partial charge in [-0.25, -0.2) is 0 Å². The van der Waals surface area contributed by atoms with Crippen molar-refractivity contribution in [2.75, 3.05) is 41.3 Å². The lowest BCUT2D eigenvalue weighted by atomic mass is 10.0. The maximum Gasteiger partial charge on any atom is 0.132 e. The highest BCUT2D eigenvalue weighted by atomic mass is 16.5. The Kier molecular flexibility index (Phi) is 5.11. The molecule has 0 saturated heterocycles. The number of nitrogens with zero attached hydrogens (tertiary/aromatic N) is 2. The van der Waals surface area contributed by atoms with Crippen LogP contribution >= 0.6 is 0 Å². The number of hydrogen-bond acceptors (Lipinski definition) is 3. The molecule has 0 aromatic heterocycles. The maximum absolute atomic E-state index is 5.45. The molecule has 0 N–H and O–H groups in total. The molecule has 0 radical (unpaired) electrons. The predicted molar refractivity (Wildman–Crippen MR) is 71.4 cm³/mol. The molecule has 0 spiro atoms. The molecule has 0 aliphatic heterocycles. The number of likely N-dealkylation sites (N-methyl/N-ethyl adjacent to an activating group) is 2. The van der Waals surface area contributed by atoms with Crippen molar-refractivity contribution in [3.05, 3.63) is 23.1 Å². The molecule has 0 atom stereocenters. The highest BCUT2D eigenvalue weighted by Crippen LogP contribution is 2.25. The number of rotatable bonds is 5. The van der Waals surface area contributed by atoms with E-state index in [4.69, 9.17) is 11.2 Å². The third kappa shape index (κ3) is 3.83. The number of ether oxygens (including phenoxy) is 1. The Bertz CT molecular complexity index is 361. The minimum absolute atomic E-state index is 0.838. The lowest BCUT2D eigenvalue weighted by Crippen LogP contribution is -2.29. The van der Waals surface area contributed by atoms with Gasteiger partial charge in [0.1, 0.15) is 5.76 Å². The van der Waals surface area contributed by atoms with Crippen LogP contribution in [-0.2, 0) is 4.74 Å². The summed E-state index contributed by atoms with van der Waals surface area (Å²) < 4.78 is 5.32. The number of hydrogen-bond donors (Lipinski definition) is 0. The Balaban J connectivity index is 2.70. The van der Waals surface area contributed by atoms with E-state index < -0.39 is 0 Å². The first-order valence-electron chi connectivity index (χ1n) is 5.88. The standard InChI is InChI=1S/C14H22N2O/c1-6-12-7-8-13(11-14(12)17-5)16(4)10-9-15(2)3/h1,11H,7-10H2,2-5H3. The first-order chi connectivity index (χ1) is 8.08. The minimum atomic E-state index is 0.838. The van der Waals surface area contributed by atoms with Crippen LogP contribution in [0.4, 0.5) is 0 Å². The van der Waals surface area contributed by atoms with Crippen LogP contribution < -0.4 is 0 Å². The van der Waals surface area contributed by atoms with Gasteiger partial charge in [-0.15, -0.1) is 6.42 Å². The molecule has 3 nitrogen and oxygen atoms in total. The van der Waals surface area contributed by atoms with Gasteiger partial charge < -0.3 is 14.5 Å². The van der Waals surface area contributed by atoms with Crippen molar-refractivity contribution >= 4 is 0 Å². The van der Waals surface area contributed by atoms with Crippen molar-refractivity contribution in [2.24, 2.45) is 0 Å². The molecular formula is C14H22N2O. The first kappa shape index (κ1) is 13.7. The number of terminal acetylenes is 1. The molecule has 17 heavy (non-hydrogen) atoms. The summed E-state index contributed by atoms with van der Waals surface area (Å²) in [5.41, 5.74) is 2.26. The van der Waals surface area contributed by atoms with Gasteiger partial charge in [0.15, 0.2) is 0 Å². The van der Waals surface area contributed by atoms with E-state index in [1.165, 1.54) is 5.70 Å². The average molecular weight is 234 g/mol. The van der Waals surface area contributed by atoms with Gasteiger partial charge in [-0.05, 0) is 26.9 Å². The SMILES string of the molecule is C#CC1=C(OC)C=C(N(C)CCN(C)C)CC1. The molecule has 3 heteroatoms. The van der Waals surface area contributed by atoms with Crippen LogP contribution in [0.3, 0.4) is 0 Å². The smallest absolute Gasteiger partial charge is 0.132 e. The van der Waals surface area contributed by atoms with Crippen molar-refractivity contribution in [3.63, 3.8) is 0 Å². The Morgan fingerprint density at radius 2 is 2.00 bits per heavy atom. The quantitative estimate of drug-likeness (QED) is 0.673. The van der Waals surface area contributed by atoms with Crippen molar-refractivity contribution < 1.29 is 4.74 Å². The zero-order chi connectivity index (χ0) is 12.8. The fraction of sp³-hybridized carbons (Fsp3) is 0.571.